The first-order valence-electron chi connectivity index (χ1n) is 5.84. The number of anilines is 1. The van der Waals surface area contributed by atoms with Gasteiger partial charge in [-0.2, -0.15) is 0 Å². The zero-order chi connectivity index (χ0) is 14.0. The number of nitrogens with two attached hydrogens (primary N) is 1. The summed E-state index contributed by atoms with van der Waals surface area (Å²) < 4.78 is 24.6. The molecule has 2 aromatic rings. The van der Waals surface area contributed by atoms with Gasteiger partial charge in [0.2, 0.25) is 15.8 Å². The van der Waals surface area contributed by atoms with Crippen LogP contribution in [-0.4, -0.2) is 18.4 Å². The molecule has 2 N–H and O–H groups in total. The molecule has 0 aliphatic heterocycles. The molecule has 0 atom stereocenters. The fourth-order valence-electron chi connectivity index (χ4n) is 1.63. The predicted octanol–water partition coefficient (Wildman–Crippen LogP) is 2.02. The third-order valence-corrected chi connectivity index (χ3v) is 4.54. The molecule has 0 amide bonds. The maximum atomic E-state index is 12.3. The number of nitrogens with zero attached hydrogens (tertiary/aromatic N) is 2. The van der Waals surface area contributed by atoms with Crippen LogP contribution in [-0.2, 0) is 9.84 Å². The van der Waals surface area contributed by atoms with E-state index in [4.69, 9.17) is 5.73 Å². The first kappa shape index (κ1) is 13.5. The van der Waals surface area contributed by atoms with Crippen LogP contribution in [0.3, 0.4) is 0 Å². The number of sulfone groups is 1. The van der Waals surface area contributed by atoms with Gasteiger partial charge in [0.05, 0.1) is 17.3 Å². The van der Waals surface area contributed by atoms with Crippen LogP contribution in [0.15, 0.2) is 46.5 Å². The lowest BCUT2D eigenvalue weighted by Crippen LogP contribution is -2.05. The van der Waals surface area contributed by atoms with Crippen LogP contribution >= 0.6 is 0 Å². The Balaban J connectivity index is 2.42. The van der Waals surface area contributed by atoms with Gasteiger partial charge < -0.3 is 5.73 Å². The molecule has 0 radical (unpaired) electrons. The minimum atomic E-state index is -3.58. The highest BCUT2D eigenvalue weighted by molar-refractivity contribution is 7.91. The molecule has 0 aliphatic carbocycles. The molecule has 0 spiro atoms. The van der Waals surface area contributed by atoms with Crippen molar-refractivity contribution in [2.75, 3.05) is 5.73 Å². The smallest absolute Gasteiger partial charge is 0.219 e. The van der Waals surface area contributed by atoms with Crippen molar-refractivity contribution in [3.05, 3.63) is 42.2 Å². The van der Waals surface area contributed by atoms with Crippen LogP contribution in [0.1, 0.15) is 25.3 Å². The summed E-state index contributed by atoms with van der Waals surface area (Å²) in [6.07, 6.45) is 2.43. The monoisotopic (exact) mass is 277 g/mol. The lowest BCUT2D eigenvalue weighted by Gasteiger charge is -2.07. The molecular weight excluding hydrogens is 262 g/mol. The lowest BCUT2D eigenvalue weighted by molar-refractivity contribution is 0.595. The van der Waals surface area contributed by atoms with E-state index in [1.807, 2.05) is 12.1 Å². The second-order valence-electron chi connectivity index (χ2n) is 4.50. The molecule has 100 valence electrons. The average Bonchev–Trinajstić information content (AvgIpc) is 2.39. The highest BCUT2D eigenvalue weighted by Crippen LogP contribution is 2.22. The van der Waals surface area contributed by atoms with Crippen molar-refractivity contribution in [3.8, 4) is 0 Å². The van der Waals surface area contributed by atoms with Crippen molar-refractivity contribution >= 4 is 15.8 Å². The molecular formula is C13H15N3O2S. The van der Waals surface area contributed by atoms with Gasteiger partial charge in [-0.1, -0.05) is 26.0 Å². The Labute approximate surface area is 112 Å². The zero-order valence-electron chi connectivity index (χ0n) is 10.7. The molecule has 2 rings (SSSR count). The van der Waals surface area contributed by atoms with Gasteiger partial charge in [-0.15, -0.1) is 0 Å². The van der Waals surface area contributed by atoms with Crippen LogP contribution in [0.2, 0.25) is 0 Å². The number of rotatable bonds is 3. The maximum Gasteiger partial charge on any atom is 0.219 e. The fraction of sp³-hybridized carbons (Fsp3) is 0.231. The third kappa shape index (κ3) is 2.73. The van der Waals surface area contributed by atoms with Crippen molar-refractivity contribution in [2.45, 2.75) is 29.6 Å². The Morgan fingerprint density at radius 1 is 1.00 bits per heavy atom. The maximum absolute atomic E-state index is 12.3. The molecule has 5 nitrogen and oxygen atoms in total. The van der Waals surface area contributed by atoms with Gasteiger partial charge in [0.25, 0.3) is 0 Å². The Morgan fingerprint density at radius 3 is 2.00 bits per heavy atom. The van der Waals surface area contributed by atoms with Crippen LogP contribution < -0.4 is 5.73 Å². The third-order valence-electron chi connectivity index (χ3n) is 2.82. The highest BCUT2D eigenvalue weighted by atomic mass is 32.2. The van der Waals surface area contributed by atoms with Gasteiger partial charge in [0, 0.05) is 0 Å². The minimum absolute atomic E-state index is 0.0407. The summed E-state index contributed by atoms with van der Waals surface area (Å²) in [7, 11) is -3.58. The number of benzene rings is 1. The number of hydrogen-bond donors (Lipinski definition) is 1. The number of nitrogen functional groups attached to an aromatic ring is 1. The van der Waals surface area contributed by atoms with E-state index in [2.05, 4.69) is 23.8 Å². The summed E-state index contributed by atoms with van der Waals surface area (Å²) in [5, 5.41) is 0. The van der Waals surface area contributed by atoms with E-state index in [0.717, 1.165) is 5.56 Å². The molecule has 0 bridgehead atoms. The Kier molecular flexibility index (Phi) is 3.53. The van der Waals surface area contributed by atoms with E-state index >= 15 is 0 Å². The quantitative estimate of drug-likeness (QED) is 0.927. The summed E-state index contributed by atoms with van der Waals surface area (Å²) >= 11 is 0. The topological polar surface area (TPSA) is 85.9 Å². The molecule has 1 heterocycles. The largest absolute Gasteiger partial charge is 0.368 e. The van der Waals surface area contributed by atoms with Crippen molar-refractivity contribution in [1.29, 1.82) is 0 Å². The van der Waals surface area contributed by atoms with Crippen LogP contribution in [0, 0.1) is 0 Å². The molecule has 0 saturated carbocycles. The lowest BCUT2D eigenvalue weighted by atomic mass is 10.0. The summed E-state index contributed by atoms with van der Waals surface area (Å²) in [5.74, 6) is 0.408. The second-order valence-corrected chi connectivity index (χ2v) is 6.45. The SMILES string of the molecule is CC(C)c1ccc(S(=O)(=O)c2cnc(N)nc2)cc1. The van der Waals surface area contributed by atoms with Crippen LogP contribution in [0.5, 0.6) is 0 Å². The van der Waals surface area contributed by atoms with E-state index in [0.29, 0.717) is 5.92 Å². The van der Waals surface area contributed by atoms with Crippen molar-refractivity contribution < 1.29 is 8.42 Å². The first-order chi connectivity index (χ1) is 8.91. The number of hydrogen-bond acceptors (Lipinski definition) is 5. The molecule has 0 aliphatic rings. The van der Waals surface area contributed by atoms with Crippen molar-refractivity contribution in [2.24, 2.45) is 0 Å². The van der Waals surface area contributed by atoms with Gasteiger partial charge >= 0.3 is 0 Å². The van der Waals surface area contributed by atoms with Crippen LogP contribution in [0.25, 0.3) is 0 Å². The molecule has 0 fully saturated rings. The summed E-state index contributed by atoms with van der Waals surface area (Å²) in [6, 6.07) is 6.83. The highest BCUT2D eigenvalue weighted by Gasteiger charge is 2.18. The first-order valence-corrected chi connectivity index (χ1v) is 7.32. The van der Waals surface area contributed by atoms with Gasteiger partial charge in [0.15, 0.2) is 0 Å². The predicted molar refractivity (Wildman–Crippen MR) is 72.4 cm³/mol. The minimum Gasteiger partial charge on any atom is -0.368 e. The fourth-order valence-corrected chi connectivity index (χ4v) is 2.78. The second kappa shape index (κ2) is 4.97. The number of aromatic nitrogens is 2. The zero-order valence-corrected chi connectivity index (χ0v) is 11.6. The van der Waals surface area contributed by atoms with Crippen LogP contribution in [0.4, 0.5) is 5.95 Å². The van der Waals surface area contributed by atoms with E-state index in [1.54, 1.807) is 12.1 Å². The Morgan fingerprint density at radius 2 is 1.53 bits per heavy atom. The van der Waals surface area contributed by atoms with Gasteiger partial charge in [0.1, 0.15) is 4.90 Å². The van der Waals surface area contributed by atoms with Crippen molar-refractivity contribution in [1.82, 2.24) is 9.97 Å². The molecule has 1 aromatic heterocycles. The van der Waals surface area contributed by atoms with E-state index < -0.39 is 9.84 Å². The Hall–Kier alpha value is -1.95. The van der Waals surface area contributed by atoms with Gasteiger partial charge in [-0.25, -0.2) is 18.4 Å². The summed E-state index contributed by atoms with van der Waals surface area (Å²) in [4.78, 5) is 7.68. The molecule has 0 saturated heterocycles. The Bertz CT molecular complexity index is 662. The summed E-state index contributed by atoms with van der Waals surface area (Å²) in [5.41, 5.74) is 6.44. The summed E-state index contributed by atoms with van der Waals surface area (Å²) in [6.45, 7) is 4.11. The molecule has 19 heavy (non-hydrogen) atoms. The standard InChI is InChI=1S/C13H15N3O2S/c1-9(2)10-3-5-11(6-4-10)19(17,18)12-7-15-13(14)16-8-12/h3-9H,1-2H3,(H2,14,15,16). The van der Waals surface area contributed by atoms with Crippen molar-refractivity contribution in [3.63, 3.8) is 0 Å². The van der Waals surface area contributed by atoms with E-state index in [9.17, 15) is 8.42 Å². The normalized spacial score (nSPS) is 11.7. The van der Waals surface area contributed by atoms with E-state index in [-0.39, 0.29) is 15.7 Å². The van der Waals surface area contributed by atoms with E-state index in [1.165, 1.54) is 12.4 Å². The molecule has 6 heteroatoms. The van der Waals surface area contributed by atoms with Gasteiger partial charge in [-0.05, 0) is 23.6 Å². The molecule has 0 unspecified atom stereocenters. The van der Waals surface area contributed by atoms with Gasteiger partial charge in [-0.3, -0.25) is 0 Å². The molecule has 1 aromatic carbocycles. The average molecular weight is 277 g/mol.